The van der Waals surface area contributed by atoms with Crippen LogP contribution >= 0.6 is 11.3 Å². The Kier molecular flexibility index (Phi) is 6.37. The fourth-order valence-electron chi connectivity index (χ4n) is 2.21. The van der Waals surface area contributed by atoms with Gasteiger partial charge in [-0.15, -0.1) is 11.3 Å². The minimum absolute atomic E-state index is 0.0649. The summed E-state index contributed by atoms with van der Waals surface area (Å²) in [5.74, 6) is -0.0992. The minimum atomic E-state index is -0.956. The Labute approximate surface area is 145 Å². The van der Waals surface area contributed by atoms with Gasteiger partial charge in [0.1, 0.15) is 10.6 Å². The molecule has 0 aliphatic rings. The lowest BCUT2D eigenvalue weighted by molar-refractivity contribution is -0.123. The molecule has 2 N–H and O–H groups in total. The zero-order chi connectivity index (χ0) is 17.5. The zero-order valence-electron chi connectivity index (χ0n) is 13.7. The quantitative estimate of drug-likeness (QED) is 0.764. The van der Waals surface area contributed by atoms with Crippen molar-refractivity contribution in [2.24, 2.45) is 0 Å². The first-order valence-corrected chi connectivity index (χ1v) is 8.63. The van der Waals surface area contributed by atoms with Crippen molar-refractivity contribution in [1.29, 1.82) is 0 Å². The highest BCUT2D eigenvalue weighted by molar-refractivity contribution is 7.13. The van der Waals surface area contributed by atoms with Crippen LogP contribution in [0, 0.1) is 0 Å². The largest absolute Gasteiger partial charge is 0.483 e. The molecule has 1 unspecified atom stereocenters. The van der Waals surface area contributed by atoms with Gasteiger partial charge in [-0.1, -0.05) is 32.0 Å². The number of para-hydroxylation sites is 1. The van der Waals surface area contributed by atoms with Crippen LogP contribution in [0.25, 0.3) is 0 Å². The Bertz CT molecular complexity index is 711. The number of aromatic carboxylic acids is 1. The van der Waals surface area contributed by atoms with Crippen molar-refractivity contribution in [2.45, 2.75) is 32.7 Å². The number of benzene rings is 1. The number of rotatable bonds is 8. The summed E-state index contributed by atoms with van der Waals surface area (Å²) >= 11 is 1.15. The molecule has 0 bridgehead atoms. The van der Waals surface area contributed by atoms with E-state index in [1.54, 1.807) is 6.07 Å². The maximum Gasteiger partial charge on any atom is 0.345 e. The monoisotopic (exact) mass is 347 g/mol. The van der Waals surface area contributed by atoms with Crippen molar-refractivity contribution < 1.29 is 19.4 Å². The molecule has 0 radical (unpaired) electrons. The molecule has 0 fully saturated rings. The van der Waals surface area contributed by atoms with Crippen molar-refractivity contribution >= 4 is 23.2 Å². The van der Waals surface area contributed by atoms with Gasteiger partial charge in [-0.05, 0) is 36.1 Å². The predicted octanol–water partition coefficient (Wildman–Crippen LogP) is 3.66. The second kappa shape index (κ2) is 8.49. The van der Waals surface area contributed by atoms with E-state index in [1.807, 2.05) is 24.3 Å². The maximum atomic E-state index is 11.9. The summed E-state index contributed by atoms with van der Waals surface area (Å²) < 4.78 is 5.65. The topological polar surface area (TPSA) is 75.6 Å². The molecule has 0 aliphatic heterocycles. The van der Waals surface area contributed by atoms with Gasteiger partial charge < -0.3 is 15.2 Å². The van der Waals surface area contributed by atoms with Gasteiger partial charge in [-0.25, -0.2) is 4.79 Å². The first-order valence-electron chi connectivity index (χ1n) is 7.81. The van der Waals surface area contributed by atoms with Crippen LogP contribution in [-0.4, -0.2) is 23.6 Å². The van der Waals surface area contributed by atoms with Crippen LogP contribution in [0.4, 0.5) is 0 Å². The number of carboxylic acid groups (broad SMARTS) is 1. The molecule has 24 heavy (non-hydrogen) atoms. The molecule has 0 aliphatic carbocycles. The first-order chi connectivity index (χ1) is 11.5. The summed E-state index contributed by atoms with van der Waals surface area (Å²) in [5, 5.41) is 11.6. The van der Waals surface area contributed by atoms with Gasteiger partial charge in [0.15, 0.2) is 6.61 Å². The Balaban J connectivity index is 1.86. The molecule has 2 rings (SSSR count). The molecule has 0 spiro atoms. The molecule has 1 heterocycles. The number of nitrogens with one attached hydrogen (secondary N) is 1. The average Bonchev–Trinajstić information content (AvgIpc) is 3.07. The zero-order valence-corrected chi connectivity index (χ0v) is 14.6. The predicted molar refractivity (Wildman–Crippen MR) is 93.8 cm³/mol. The van der Waals surface area contributed by atoms with Gasteiger partial charge >= 0.3 is 5.97 Å². The highest BCUT2D eigenvalue weighted by Crippen LogP contribution is 2.28. The van der Waals surface area contributed by atoms with E-state index in [0.717, 1.165) is 33.9 Å². The number of hydrogen-bond donors (Lipinski definition) is 2. The third-order valence-corrected chi connectivity index (χ3v) is 4.83. The number of hydrogen-bond acceptors (Lipinski definition) is 4. The molecule has 2 aromatic rings. The number of amides is 1. The van der Waals surface area contributed by atoms with Crippen molar-refractivity contribution in [3.8, 4) is 5.75 Å². The lowest BCUT2D eigenvalue weighted by Crippen LogP contribution is -2.28. The third kappa shape index (κ3) is 4.83. The molecule has 1 aromatic heterocycles. The molecule has 1 aromatic carbocycles. The second-order valence-electron chi connectivity index (χ2n) is 5.48. The van der Waals surface area contributed by atoms with Crippen molar-refractivity contribution in [3.05, 3.63) is 51.7 Å². The van der Waals surface area contributed by atoms with E-state index in [-0.39, 0.29) is 17.4 Å². The molecule has 128 valence electrons. The van der Waals surface area contributed by atoms with Crippen LogP contribution in [0.5, 0.6) is 5.75 Å². The Morgan fingerprint density at radius 2 is 2.00 bits per heavy atom. The van der Waals surface area contributed by atoms with E-state index >= 15 is 0 Å². The Hall–Kier alpha value is -2.34. The first kappa shape index (κ1) is 18.0. The Morgan fingerprint density at radius 3 is 2.67 bits per heavy atom. The number of thiophene rings is 1. The minimum Gasteiger partial charge on any atom is -0.483 e. The number of carboxylic acids is 1. The highest BCUT2D eigenvalue weighted by atomic mass is 32.1. The average molecular weight is 347 g/mol. The molecule has 1 amide bonds. The van der Waals surface area contributed by atoms with Crippen LogP contribution in [0.3, 0.4) is 0 Å². The van der Waals surface area contributed by atoms with Crippen LogP contribution in [0.1, 0.15) is 46.3 Å². The van der Waals surface area contributed by atoms with E-state index in [0.29, 0.717) is 12.5 Å². The van der Waals surface area contributed by atoms with Crippen molar-refractivity contribution in [3.63, 3.8) is 0 Å². The molecule has 0 saturated heterocycles. The SMILES string of the molecule is CCC(C)c1ccccc1OCC(=O)NCc1ccc(C(=O)O)s1. The van der Waals surface area contributed by atoms with Crippen LogP contribution < -0.4 is 10.1 Å². The van der Waals surface area contributed by atoms with Crippen molar-refractivity contribution in [2.75, 3.05) is 6.61 Å². The summed E-state index contributed by atoms with van der Waals surface area (Å²) in [6.45, 7) is 4.47. The van der Waals surface area contributed by atoms with E-state index in [9.17, 15) is 9.59 Å². The highest BCUT2D eigenvalue weighted by Gasteiger charge is 2.12. The van der Waals surface area contributed by atoms with Gasteiger partial charge in [-0.2, -0.15) is 0 Å². The van der Waals surface area contributed by atoms with Gasteiger partial charge in [0, 0.05) is 4.88 Å². The van der Waals surface area contributed by atoms with Gasteiger partial charge in [-0.3, -0.25) is 4.79 Å². The third-order valence-electron chi connectivity index (χ3n) is 3.75. The number of carbonyl (C=O) groups is 2. The smallest absolute Gasteiger partial charge is 0.345 e. The summed E-state index contributed by atoms with van der Waals surface area (Å²) in [6.07, 6.45) is 0.997. The lowest BCUT2D eigenvalue weighted by Gasteiger charge is -2.15. The molecule has 6 heteroatoms. The van der Waals surface area contributed by atoms with Crippen LogP contribution in [0.15, 0.2) is 36.4 Å². The second-order valence-corrected chi connectivity index (χ2v) is 6.65. The summed E-state index contributed by atoms with van der Waals surface area (Å²) in [7, 11) is 0. The van der Waals surface area contributed by atoms with Gasteiger partial charge in [0.2, 0.25) is 0 Å². The van der Waals surface area contributed by atoms with Gasteiger partial charge in [0.05, 0.1) is 6.54 Å². The van der Waals surface area contributed by atoms with E-state index in [4.69, 9.17) is 9.84 Å². The molecular formula is C18H21NO4S. The number of carbonyl (C=O) groups excluding carboxylic acids is 1. The van der Waals surface area contributed by atoms with Gasteiger partial charge in [0.25, 0.3) is 5.91 Å². The molecule has 5 nitrogen and oxygen atoms in total. The number of ether oxygens (including phenoxy) is 1. The normalized spacial score (nSPS) is 11.8. The summed E-state index contributed by atoms with van der Waals surface area (Å²) in [5.41, 5.74) is 1.09. The van der Waals surface area contributed by atoms with Crippen LogP contribution in [0.2, 0.25) is 0 Å². The van der Waals surface area contributed by atoms with Crippen LogP contribution in [-0.2, 0) is 11.3 Å². The van der Waals surface area contributed by atoms with E-state index in [2.05, 4.69) is 19.2 Å². The fourth-order valence-corrected chi connectivity index (χ4v) is 2.99. The van der Waals surface area contributed by atoms with E-state index < -0.39 is 5.97 Å². The van der Waals surface area contributed by atoms with E-state index in [1.165, 1.54) is 6.07 Å². The Morgan fingerprint density at radius 1 is 1.25 bits per heavy atom. The fraction of sp³-hybridized carbons (Fsp3) is 0.333. The standard InChI is InChI=1S/C18H21NO4S/c1-3-12(2)14-6-4-5-7-15(14)23-11-17(20)19-10-13-8-9-16(24-13)18(21)22/h4-9,12H,3,10-11H2,1-2H3,(H,19,20)(H,21,22). The lowest BCUT2D eigenvalue weighted by atomic mass is 9.98. The molecule has 0 saturated carbocycles. The molecular weight excluding hydrogens is 326 g/mol. The maximum absolute atomic E-state index is 11.9. The summed E-state index contributed by atoms with van der Waals surface area (Å²) in [4.78, 5) is 23.8. The molecule has 1 atom stereocenters. The summed E-state index contributed by atoms with van der Waals surface area (Å²) in [6, 6.07) is 11.0. The van der Waals surface area contributed by atoms with Crippen molar-refractivity contribution in [1.82, 2.24) is 5.32 Å².